The molecule has 0 spiro atoms. The van der Waals surface area contributed by atoms with Crippen molar-refractivity contribution in [2.75, 3.05) is 37.8 Å². The fourth-order valence-electron chi connectivity index (χ4n) is 3.73. The first-order valence-electron chi connectivity index (χ1n) is 9.79. The number of nitrogens with zero attached hydrogens (tertiary/aromatic N) is 2. The van der Waals surface area contributed by atoms with Crippen molar-refractivity contribution in [1.29, 1.82) is 0 Å². The van der Waals surface area contributed by atoms with Gasteiger partial charge in [-0.2, -0.15) is 0 Å². The van der Waals surface area contributed by atoms with E-state index in [-0.39, 0.29) is 23.6 Å². The van der Waals surface area contributed by atoms with Crippen LogP contribution in [0.15, 0.2) is 30.3 Å². The number of thioether (sulfide) groups is 1. The van der Waals surface area contributed by atoms with Gasteiger partial charge in [0.15, 0.2) is 0 Å². The molecule has 2 aliphatic rings. The summed E-state index contributed by atoms with van der Waals surface area (Å²) in [4.78, 5) is 40.5. The summed E-state index contributed by atoms with van der Waals surface area (Å²) < 4.78 is 0. The lowest BCUT2D eigenvalue weighted by atomic mass is 9.97. The van der Waals surface area contributed by atoms with Crippen molar-refractivity contribution in [3.05, 3.63) is 35.9 Å². The monoisotopic (exact) mass is 404 g/mol. The molecule has 0 bridgehead atoms. The van der Waals surface area contributed by atoms with Gasteiger partial charge in [-0.05, 0) is 44.5 Å². The number of hydrogen-bond donors (Lipinski definition) is 2. The van der Waals surface area contributed by atoms with Gasteiger partial charge in [-0.3, -0.25) is 14.4 Å². The fourth-order valence-corrected chi connectivity index (χ4v) is 4.88. The maximum Gasteiger partial charge on any atom is 0.255 e. The van der Waals surface area contributed by atoms with Gasteiger partial charge in [0.05, 0.1) is 11.8 Å². The number of nitrogens with one attached hydrogen (secondary N) is 1. The van der Waals surface area contributed by atoms with Gasteiger partial charge in [0.25, 0.3) is 5.91 Å². The summed E-state index contributed by atoms with van der Waals surface area (Å²) in [7, 11) is 0. The Morgan fingerprint density at radius 2 is 2.00 bits per heavy atom. The first kappa shape index (κ1) is 20.7. The maximum atomic E-state index is 12.7. The number of nitrogens with two attached hydrogens (primary N) is 1. The SMILES string of the molecule is NC(=O)C1CCCN(CCCNC(=O)C2CSCN2C(=O)c2ccccc2)C1. The number of rotatable bonds is 7. The Labute approximate surface area is 170 Å². The average molecular weight is 405 g/mol. The zero-order valence-corrected chi connectivity index (χ0v) is 16.8. The van der Waals surface area contributed by atoms with Crippen LogP contribution >= 0.6 is 11.8 Å². The Morgan fingerprint density at radius 3 is 2.75 bits per heavy atom. The van der Waals surface area contributed by atoms with Crippen molar-refractivity contribution in [1.82, 2.24) is 15.1 Å². The highest BCUT2D eigenvalue weighted by Gasteiger charge is 2.34. The van der Waals surface area contributed by atoms with Gasteiger partial charge in [0.1, 0.15) is 6.04 Å². The maximum absolute atomic E-state index is 12.7. The lowest BCUT2D eigenvalue weighted by Gasteiger charge is -2.31. The third-order valence-corrected chi connectivity index (χ3v) is 6.34. The standard InChI is InChI=1S/C20H28N4O3S/c21-18(25)16-8-4-10-23(12-16)11-5-9-22-19(26)17-13-28-14-24(17)20(27)15-6-2-1-3-7-15/h1-3,6-7,16-17H,4-5,8-14H2,(H2,21,25)(H,22,26). The normalized spacial score (nSPS) is 22.8. The molecular weight excluding hydrogens is 376 g/mol. The average Bonchev–Trinajstić information content (AvgIpc) is 3.21. The van der Waals surface area contributed by atoms with Gasteiger partial charge in [-0.1, -0.05) is 18.2 Å². The van der Waals surface area contributed by atoms with E-state index < -0.39 is 6.04 Å². The first-order valence-corrected chi connectivity index (χ1v) is 10.9. The molecule has 3 N–H and O–H groups in total. The van der Waals surface area contributed by atoms with Crippen LogP contribution in [-0.2, 0) is 9.59 Å². The van der Waals surface area contributed by atoms with Crippen LogP contribution in [0.1, 0.15) is 29.6 Å². The third kappa shape index (κ3) is 5.26. The summed E-state index contributed by atoms with van der Waals surface area (Å²) in [5, 5.41) is 2.97. The van der Waals surface area contributed by atoms with E-state index in [4.69, 9.17) is 5.73 Å². The molecule has 28 heavy (non-hydrogen) atoms. The minimum absolute atomic E-state index is 0.0589. The van der Waals surface area contributed by atoms with Crippen LogP contribution in [-0.4, -0.2) is 71.4 Å². The Hall–Kier alpha value is -2.06. The first-order chi connectivity index (χ1) is 13.6. The van der Waals surface area contributed by atoms with E-state index in [2.05, 4.69) is 10.2 Å². The zero-order valence-electron chi connectivity index (χ0n) is 16.0. The van der Waals surface area contributed by atoms with Crippen molar-refractivity contribution in [2.45, 2.75) is 25.3 Å². The quantitative estimate of drug-likeness (QED) is 0.659. The summed E-state index contributed by atoms with van der Waals surface area (Å²) in [5.41, 5.74) is 6.02. The van der Waals surface area contributed by atoms with Crippen LogP contribution in [0.3, 0.4) is 0 Å². The molecule has 2 aliphatic heterocycles. The molecule has 2 unspecified atom stereocenters. The van der Waals surface area contributed by atoms with E-state index >= 15 is 0 Å². The molecule has 0 aromatic heterocycles. The topological polar surface area (TPSA) is 95.7 Å². The minimum atomic E-state index is -0.424. The second-order valence-corrected chi connectivity index (χ2v) is 8.34. The van der Waals surface area contributed by atoms with Gasteiger partial charge in [0.2, 0.25) is 11.8 Å². The number of likely N-dealkylation sites (tertiary alicyclic amines) is 1. The molecule has 3 rings (SSSR count). The molecule has 0 aliphatic carbocycles. The molecule has 7 nitrogen and oxygen atoms in total. The van der Waals surface area contributed by atoms with E-state index in [0.29, 0.717) is 30.3 Å². The van der Waals surface area contributed by atoms with E-state index in [1.54, 1.807) is 28.8 Å². The molecule has 2 atom stereocenters. The molecule has 152 valence electrons. The summed E-state index contributed by atoms with van der Waals surface area (Å²) in [6, 6.07) is 8.65. The lowest BCUT2D eigenvalue weighted by molar-refractivity contribution is -0.124. The summed E-state index contributed by atoms with van der Waals surface area (Å²) in [5.74, 6) is 0.682. The Kier molecular flexibility index (Phi) is 7.33. The molecule has 0 radical (unpaired) electrons. The smallest absolute Gasteiger partial charge is 0.255 e. The molecule has 3 amide bonds. The Balaban J connectivity index is 1.43. The van der Waals surface area contributed by atoms with Crippen molar-refractivity contribution >= 4 is 29.5 Å². The number of primary amides is 1. The number of piperidine rings is 1. The van der Waals surface area contributed by atoms with Crippen molar-refractivity contribution in [3.8, 4) is 0 Å². The minimum Gasteiger partial charge on any atom is -0.369 e. The number of amides is 3. The highest BCUT2D eigenvalue weighted by atomic mass is 32.2. The van der Waals surface area contributed by atoms with E-state index in [9.17, 15) is 14.4 Å². The third-order valence-electron chi connectivity index (χ3n) is 5.32. The molecule has 1 aromatic rings. The number of carbonyl (C=O) groups excluding carboxylic acids is 3. The molecule has 1 aromatic carbocycles. The second kappa shape index (κ2) is 9.93. The molecule has 2 saturated heterocycles. The largest absolute Gasteiger partial charge is 0.369 e. The molecule has 0 saturated carbocycles. The van der Waals surface area contributed by atoms with Crippen LogP contribution in [0.25, 0.3) is 0 Å². The predicted molar refractivity (Wildman–Crippen MR) is 110 cm³/mol. The van der Waals surface area contributed by atoms with Gasteiger partial charge >= 0.3 is 0 Å². The predicted octanol–water partition coefficient (Wildman–Crippen LogP) is 0.905. The highest BCUT2D eigenvalue weighted by molar-refractivity contribution is 7.99. The van der Waals surface area contributed by atoms with Gasteiger partial charge in [0, 0.05) is 24.4 Å². The summed E-state index contributed by atoms with van der Waals surface area (Å²) in [6.07, 6.45) is 2.66. The molecule has 2 heterocycles. The van der Waals surface area contributed by atoms with Crippen molar-refractivity contribution in [3.63, 3.8) is 0 Å². The van der Waals surface area contributed by atoms with Crippen LogP contribution in [0.2, 0.25) is 0 Å². The highest BCUT2D eigenvalue weighted by Crippen LogP contribution is 2.23. The molecule has 8 heteroatoms. The van der Waals surface area contributed by atoms with E-state index in [0.717, 1.165) is 32.4 Å². The fraction of sp³-hybridized carbons (Fsp3) is 0.550. The van der Waals surface area contributed by atoms with E-state index in [1.165, 1.54) is 0 Å². The molecule has 2 fully saturated rings. The lowest BCUT2D eigenvalue weighted by Crippen LogP contribution is -2.48. The summed E-state index contributed by atoms with van der Waals surface area (Å²) >= 11 is 1.60. The Bertz CT molecular complexity index is 700. The van der Waals surface area contributed by atoms with Gasteiger partial charge in [-0.15, -0.1) is 11.8 Å². The van der Waals surface area contributed by atoms with Crippen molar-refractivity contribution < 1.29 is 14.4 Å². The second-order valence-electron chi connectivity index (χ2n) is 7.34. The van der Waals surface area contributed by atoms with Crippen LogP contribution in [0.5, 0.6) is 0 Å². The Morgan fingerprint density at radius 1 is 1.21 bits per heavy atom. The van der Waals surface area contributed by atoms with Crippen molar-refractivity contribution in [2.24, 2.45) is 11.7 Å². The van der Waals surface area contributed by atoms with Crippen LogP contribution in [0.4, 0.5) is 0 Å². The zero-order chi connectivity index (χ0) is 19.9. The van der Waals surface area contributed by atoms with Crippen LogP contribution in [0, 0.1) is 5.92 Å². The van der Waals surface area contributed by atoms with Gasteiger partial charge in [-0.25, -0.2) is 0 Å². The number of hydrogen-bond acceptors (Lipinski definition) is 5. The number of carbonyl (C=O) groups is 3. The van der Waals surface area contributed by atoms with Gasteiger partial charge < -0.3 is 20.9 Å². The van der Waals surface area contributed by atoms with Crippen LogP contribution < -0.4 is 11.1 Å². The number of benzene rings is 1. The van der Waals surface area contributed by atoms with E-state index in [1.807, 2.05) is 18.2 Å². The molecular formula is C20H28N4O3S. The summed E-state index contributed by atoms with van der Waals surface area (Å²) in [6.45, 7) is 3.07.